The van der Waals surface area contributed by atoms with Crippen LogP contribution in [0, 0.1) is 5.92 Å². The van der Waals surface area contributed by atoms with Gasteiger partial charge in [-0.1, -0.05) is 6.92 Å². The third-order valence-electron chi connectivity index (χ3n) is 2.88. The van der Waals surface area contributed by atoms with Gasteiger partial charge in [0, 0.05) is 32.8 Å². The highest BCUT2D eigenvalue weighted by Crippen LogP contribution is 2.14. The summed E-state index contributed by atoms with van der Waals surface area (Å²) in [6.07, 6.45) is 0.977. The fourth-order valence-electron chi connectivity index (χ4n) is 1.63. The van der Waals surface area contributed by atoms with Crippen molar-refractivity contribution in [1.29, 1.82) is 0 Å². The molecule has 0 radical (unpaired) electrons. The summed E-state index contributed by atoms with van der Waals surface area (Å²) < 4.78 is 25.5. The lowest BCUT2D eigenvalue weighted by atomic mass is 10.2. The van der Waals surface area contributed by atoms with Crippen LogP contribution in [0.4, 0.5) is 0 Å². The molecule has 0 spiro atoms. The first-order chi connectivity index (χ1) is 9.70. The van der Waals surface area contributed by atoms with Crippen molar-refractivity contribution in [1.82, 2.24) is 14.6 Å². The molecule has 116 valence electrons. The minimum atomic E-state index is -3.87. The molecule has 8 nitrogen and oxygen atoms in total. The summed E-state index contributed by atoms with van der Waals surface area (Å²) in [5, 5.41) is 10.9. The van der Waals surface area contributed by atoms with E-state index in [9.17, 15) is 18.0 Å². The number of aromatic nitrogens is 1. The maximum atomic E-state index is 12.2. The normalized spacial score (nSPS) is 13.0. The molecule has 0 bridgehead atoms. The molecule has 21 heavy (non-hydrogen) atoms. The molecule has 1 aromatic rings. The first-order valence-electron chi connectivity index (χ1n) is 6.07. The van der Waals surface area contributed by atoms with Gasteiger partial charge in [-0.2, -0.15) is 4.31 Å². The second-order valence-corrected chi connectivity index (χ2v) is 6.48. The number of hydrogen-bond acceptors (Lipinski definition) is 5. The number of nitrogens with one attached hydrogen (secondary N) is 1. The van der Waals surface area contributed by atoms with Gasteiger partial charge < -0.3 is 10.4 Å². The molecule has 2 N–H and O–H groups in total. The van der Waals surface area contributed by atoms with Crippen LogP contribution >= 0.6 is 0 Å². The van der Waals surface area contributed by atoms with Gasteiger partial charge in [0.15, 0.2) is 5.03 Å². The van der Waals surface area contributed by atoms with Crippen LogP contribution in [-0.4, -0.2) is 55.3 Å². The lowest BCUT2D eigenvalue weighted by molar-refractivity contribution is -0.124. The predicted molar refractivity (Wildman–Crippen MR) is 74.2 cm³/mol. The second-order valence-electron chi connectivity index (χ2n) is 4.49. The van der Waals surface area contributed by atoms with Crippen molar-refractivity contribution in [2.75, 3.05) is 20.6 Å². The maximum absolute atomic E-state index is 12.2. The largest absolute Gasteiger partial charge is 0.478 e. The van der Waals surface area contributed by atoms with E-state index >= 15 is 0 Å². The summed E-state index contributed by atoms with van der Waals surface area (Å²) in [7, 11) is -1.06. The third-order valence-corrected chi connectivity index (χ3v) is 4.62. The van der Waals surface area contributed by atoms with Crippen molar-refractivity contribution < 1.29 is 23.1 Å². The number of carbonyl (C=O) groups is 2. The molecule has 1 atom stereocenters. The maximum Gasteiger partial charge on any atom is 0.337 e. The highest BCUT2D eigenvalue weighted by Gasteiger charge is 2.25. The Bertz CT molecular complexity index is 627. The van der Waals surface area contributed by atoms with Gasteiger partial charge in [-0.3, -0.25) is 4.79 Å². The summed E-state index contributed by atoms with van der Waals surface area (Å²) >= 11 is 0. The molecular weight excluding hydrogens is 298 g/mol. The molecular formula is C12H17N3O5S. The molecule has 0 fully saturated rings. The number of amides is 1. The number of sulfonamides is 1. The molecule has 1 rings (SSSR count). The van der Waals surface area contributed by atoms with Gasteiger partial charge in [-0.05, 0) is 12.1 Å². The molecule has 0 aliphatic rings. The molecule has 0 aliphatic heterocycles. The van der Waals surface area contributed by atoms with E-state index < -0.39 is 21.9 Å². The quantitative estimate of drug-likeness (QED) is 0.750. The Morgan fingerprint density at radius 3 is 2.48 bits per heavy atom. The summed E-state index contributed by atoms with van der Waals surface area (Å²) in [6.45, 7) is 1.59. The fraction of sp³-hybridized carbons (Fsp3) is 0.417. The highest BCUT2D eigenvalue weighted by atomic mass is 32.2. The van der Waals surface area contributed by atoms with Crippen LogP contribution < -0.4 is 5.32 Å². The van der Waals surface area contributed by atoms with Crippen LogP contribution in [0.25, 0.3) is 0 Å². The van der Waals surface area contributed by atoms with Crippen LogP contribution in [0.2, 0.25) is 0 Å². The van der Waals surface area contributed by atoms with Gasteiger partial charge in [-0.15, -0.1) is 0 Å². The van der Waals surface area contributed by atoms with Crippen LogP contribution in [0.15, 0.2) is 23.4 Å². The average Bonchev–Trinajstić information content (AvgIpc) is 2.46. The minimum Gasteiger partial charge on any atom is -0.478 e. The van der Waals surface area contributed by atoms with Gasteiger partial charge in [0.2, 0.25) is 5.91 Å². The van der Waals surface area contributed by atoms with Gasteiger partial charge in [-0.25, -0.2) is 18.2 Å². The number of carbonyl (C=O) groups excluding carboxylic acids is 1. The first-order valence-corrected chi connectivity index (χ1v) is 7.51. The Morgan fingerprint density at radius 2 is 2.05 bits per heavy atom. The van der Waals surface area contributed by atoms with Crippen molar-refractivity contribution in [2.24, 2.45) is 5.92 Å². The van der Waals surface area contributed by atoms with Crippen LogP contribution in [0.3, 0.4) is 0 Å². The summed E-state index contributed by atoms with van der Waals surface area (Å²) in [6, 6.07) is 2.29. The van der Waals surface area contributed by atoms with E-state index in [0.717, 1.165) is 22.6 Å². The number of hydrogen-bond donors (Lipinski definition) is 2. The molecule has 1 amide bonds. The van der Waals surface area contributed by atoms with Crippen molar-refractivity contribution in [3.05, 3.63) is 23.9 Å². The molecule has 9 heteroatoms. The number of carboxylic acid groups (broad SMARTS) is 1. The lowest BCUT2D eigenvalue weighted by Gasteiger charge is -2.19. The third kappa shape index (κ3) is 3.99. The molecule has 0 saturated carbocycles. The minimum absolute atomic E-state index is 0.00955. The molecule has 0 aliphatic carbocycles. The monoisotopic (exact) mass is 315 g/mol. The van der Waals surface area contributed by atoms with Gasteiger partial charge in [0.1, 0.15) is 0 Å². The summed E-state index contributed by atoms with van der Waals surface area (Å²) in [5.74, 6) is -1.98. The average molecular weight is 315 g/mol. The number of pyridine rings is 1. The first kappa shape index (κ1) is 17.1. The van der Waals surface area contributed by atoms with E-state index in [1.165, 1.54) is 14.1 Å². The van der Waals surface area contributed by atoms with Crippen molar-refractivity contribution >= 4 is 21.9 Å². The van der Waals surface area contributed by atoms with E-state index in [1.807, 2.05) is 0 Å². The molecule has 0 saturated heterocycles. The Balaban J connectivity index is 2.94. The Kier molecular flexibility index (Phi) is 5.39. The van der Waals surface area contributed by atoms with Crippen LogP contribution in [0.1, 0.15) is 17.3 Å². The predicted octanol–water partition coefficient (Wildman–Crippen LogP) is -0.218. The fourth-order valence-corrected chi connectivity index (χ4v) is 2.80. The molecule has 1 unspecified atom stereocenters. The van der Waals surface area contributed by atoms with Crippen LogP contribution in [-0.2, 0) is 14.8 Å². The molecule has 0 aromatic carbocycles. The zero-order chi connectivity index (χ0) is 16.2. The van der Waals surface area contributed by atoms with E-state index in [1.54, 1.807) is 6.92 Å². The smallest absolute Gasteiger partial charge is 0.337 e. The lowest BCUT2D eigenvalue weighted by Crippen LogP contribution is -2.37. The zero-order valence-electron chi connectivity index (χ0n) is 11.9. The number of aromatic carboxylic acids is 1. The van der Waals surface area contributed by atoms with Crippen molar-refractivity contribution in [3.8, 4) is 0 Å². The SMILES string of the molecule is CNC(=O)C(C)CN(C)S(=O)(=O)c1ccc(C(=O)O)cn1. The highest BCUT2D eigenvalue weighted by molar-refractivity contribution is 7.89. The van der Waals surface area contributed by atoms with E-state index in [-0.39, 0.29) is 23.0 Å². The number of rotatable bonds is 6. The number of nitrogens with zero attached hydrogens (tertiary/aromatic N) is 2. The Hall–Kier alpha value is -2.00. The number of carboxylic acids is 1. The second kappa shape index (κ2) is 6.64. The topological polar surface area (TPSA) is 117 Å². The Morgan fingerprint density at radius 1 is 1.43 bits per heavy atom. The zero-order valence-corrected chi connectivity index (χ0v) is 12.7. The van der Waals surface area contributed by atoms with Crippen molar-refractivity contribution in [2.45, 2.75) is 11.9 Å². The van der Waals surface area contributed by atoms with E-state index in [2.05, 4.69) is 10.3 Å². The summed E-state index contributed by atoms with van der Waals surface area (Å²) in [5.41, 5.74) is -0.102. The standard InChI is InChI=1S/C12H17N3O5S/c1-8(11(16)13-2)7-15(3)21(19,20)10-5-4-9(6-14-10)12(17)18/h4-6,8H,7H2,1-3H3,(H,13,16)(H,17,18). The summed E-state index contributed by atoms with van der Waals surface area (Å²) in [4.78, 5) is 25.8. The molecule has 1 heterocycles. The van der Waals surface area contributed by atoms with E-state index in [0.29, 0.717) is 0 Å². The Labute approximate surface area is 122 Å². The van der Waals surface area contributed by atoms with Gasteiger partial charge >= 0.3 is 5.97 Å². The van der Waals surface area contributed by atoms with Crippen LogP contribution in [0.5, 0.6) is 0 Å². The molecule has 1 aromatic heterocycles. The van der Waals surface area contributed by atoms with E-state index in [4.69, 9.17) is 5.11 Å². The van der Waals surface area contributed by atoms with Gasteiger partial charge in [0.25, 0.3) is 10.0 Å². The van der Waals surface area contributed by atoms with Gasteiger partial charge in [0.05, 0.1) is 5.56 Å². The van der Waals surface area contributed by atoms with Crippen molar-refractivity contribution in [3.63, 3.8) is 0 Å².